The third-order valence-electron chi connectivity index (χ3n) is 4.19. The Bertz CT molecular complexity index is 889. The van der Waals surface area contributed by atoms with Gasteiger partial charge in [0.25, 0.3) is 5.91 Å². The number of rotatable bonds is 4. The van der Waals surface area contributed by atoms with Crippen molar-refractivity contribution in [2.45, 2.75) is 24.7 Å². The van der Waals surface area contributed by atoms with Crippen molar-refractivity contribution in [3.63, 3.8) is 0 Å². The molecule has 0 aromatic heterocycles. The van der Waals surface area contributed by atoms with Gasteiger partial charge in [0.05, 0.1) is 4.90 Å². The maximum absolute atomic E-state index is 12.8. The van der Waals surface area contributed by atoms with E-state index in [1.165, 1.54) is 10.4 Å². The van der Waals surface area contributed by atoms with Crippen molar-refractivity contribution in [3.05, 3.63) is 58.1 Å². The molecule has 1 fully saturated rings. The highest BCUT2D eigenvalue weighted by molar-refractivity contribution is 9.10. The second-order valence-corrected chi connectivity index (χ2v) is 8.84. The Hall–Kier alpha value is -1.70. The van der Waals surface area contributed by atoms with Crippen molar-refractivity contribution in [1.82, 2.24) is 4.31 Å². The zero-order valence-electron chi connectivity index (χ0n) is 13.8. The van der Waals surface area contributed by atoms with Gasteiger partial charge >= 0.3 is 0 Å². The molecule has 2 aromatic carbocycles. The number of carbonyl (C=O) groups is 1. The Labute approximate surface area is 156 Å². The summed E-state index contributed by atoms with van der Waals surface area (Å²) in [6, 6.07) is 12.1. The fourth-order valence-electron chi connectivity index (χ4n) is 2.75. The van der Waals surface area contributed by atoms with Crippen LogP contribution in [0.3, 0.4) is 0 Å². The molecule has 0 aliphatic carbocycles. The van der Waals surface area contributed by atoms with E-state index in [-0.39, 0.29) is 10.8 Å². The van der Waals surface area contributed by atoms with Crippen LogP contribution in [0, 0.1) is 6.92 Å². The lowest BCUT2D eigenvalue weighted by atomic mass is 10.2. The maximum Gasteiger partial charge on any atom is 0.255 e. The van der Waals surface area contributed by atoms with Gasteiger partial charge in [0, 0.05) is 28.8 Å². The molecule has 0 spiro atoms. The molecular weight excluding hydrogens is 404 g/mol. The lowest BCUT2D eigenvalue weighted by Crippen LogP contribution is -2.28. The third kappa shape index (κ3) is 3.94. The fourth-order valence-corrected chi connectivity index (χ4v) is 5.22. The first-order chi connectivity index (χ1) is 11.9. The summed E-state index contributed by atoms with van der Waals surface area (Å²) in [5.41, 5.74) is 2.07. The van der Waals surface area contributed by atoms with Crippen LogP contribution in [0.25, 0.3) is 0 Å². The van der Waals surface area contributed by atoms with Crippen molar-refractivity contribution in [2.24, 2.45) is 0 Å². The van der Waals surface area contributed by atoms with E-state index in [9.17, 15) is 13.2 Å². The number of hydrogen-bond donors (Lipinski definition) is 1. The van der Waals surface area contributed by atoms with Gasteiger partial charge in [0.15, 0.2) is 0 Å². The van der Waals surface area contributed by atoms with Crippen molar-refractivity contribution in [2.75, 3.05) is 18.4 Å². The number of amides is 1. The van der Waals surface area contributed by atoms with Gasteiger partial charge < -0.3 is 5.32 Å². The topological polar surface area (TPSA) is 66.5 Å². The summed E-state index contributed by atoms with van der Waals surface area (Å²) in [6.07, 6.45) is 1.73. The van der Waals surface area contributed by atoms with Crippen LogP contribution in [-0.4, -0.2) is 31.7 Å². The minimum Gasteiger partial charge on any atom is -0.322 e. The molecule has 0 saturated carbocycles. The minimum absolute atomic E-state index is 0.131. The molecular formula is C18H19BrN2O3S. The Morgan fingerprint density at radius 2 is 1.72 bits per heavy atom. The van der Waals surface area contributed by atoms with E-state index in [0.717, 1.165) is 18.4 Å². The summed E-state index contributed by atoms with van der Waals surface area (Å²) in [4.78, 5) is 12.6. The monoisotopic (exact) mass is 422 g/mol. The lowest BCUT2D eigenvalue weighted by molar-refractivity contribution is 0.102. The molecule has 0 radical (unpaired) electrons. The summed E-state index contributed by atoms with van der Waals surface area (Å²) < 4.78 is 27.5. The summed E-state index contributed by atoms with van der Waals surface area (Å²) in [5.74, 6) is -0.339. The molecule has 1 saturated heterocycles. The van der Waals surface area contributed by atoms with Gasteiger partial charge in [-0.05, 0) is 66.0 Å². The van der Waals surface area contributed by atoms with Crippen LogP contribution in [0.2, 0.25) is 0 Å². The Balaban J connectivity index is 1.88. The van der Waals surface area contributed by atoms with Crippen LogP contribution in [0.5, 0.6) is 0 Å². The third-order valence-corrected chi connectivity index (χ3v) is 7.08. The zero-order chi connectivity index (χ0) is 18.0. The molecule has 3 rings (SSSR count). The SMILES string of the molecule is Cc1ccc(NC(=O)c2ccc(Br)c(S(=O)(=O)N3CCCC3)c2)cc1. The van der Waals surface area contributed by atoms with Crippen LogP contribution >= 0.6 is 15.9 Å². The minimum atomic E-state index is -3.60. The molecule has 0 unspecified atom stereocenters. The van der Waals surface area contributed by atoms with Gasteiger partial charge in [-0.1, -0.05) is 17.7 Å². The van der Waals surface area contributed by atoms with Crippen molar-refractivity contribution >= 4 is 37.5 Å². The van der Waals surface area contributed by atoms with Gasteiger partial charge in [-0.15, -0.1) is 0 Å². The van der Waals surface area contributed by atoms with Crippen LogP contribution in [0.4, 0.5) is 5.69 Å². The lowest BCUT2D eigenvalue weighted by Gasteiger charge is -2.17. The molecule has 0 bridgehead atoms. The molecule has 1 amide bonds. The highest BCUT2D eigenvalue weighted by Gasteiger charge is 2.29. The highest BCUT2D eigenvalue weighted by atomic mass is 79.9. The smallest absolute Gasteiger partial charge is 0.255 e. The number of carbonyl (C=O) groups excluding carboxylic acids is 1. The number of aryl methyl sites for hydroxylation is 1. The summed E-state index contributed by atoms with van der Waals surface area (Å²) in [5, 5.41) is 2.79. The molecule has 132 valence electrons. The van der Waals surface area contributed by atoms with Gasteiger partial charge in [0.1, 0.15) is 0 Å². The van der Waals surface area contributed by atoms with E-state index in [2.05, 4.69) is 21.2 Å². The van der Waals surface area contributed by atoms with Crippen LogP contribution in [-0.2, 0) is 10.0 Å². The highest BCUT2D eigenvalue weighted by Crippen LogP contribution is 2.28. The van der Waals surface area contributed by atoms with Crippen molar-refractivity contribution in [3.8, 4) is 0 Å². The number of benzene rings is 2. The largest absolute Gasteiger partial charge is 0.322 e. The van der Waals surface area contributed by atoms with Gasteiger partial charge in [-0.25, -0.2) is 8.42 Å². The van der Waals surface area contributed by atoms with Crippen LogP contribution < -0.4 is 5.32 Å². The van der Waals surface area contributed by atoms with Gasteiger partial charge in [0.2, 0.25) is 10.0 Å². The van der Waals surface area contributed by atoms with Crippen molar-refractivity contribution < 1.29 is 13.2 Å². The van der Waals surface area contributed by atoms with Crippen LogP contribution in [0.1, 0.15) is 28.8 Å². The quantitative estimate of drug-likeness (QED) is 0.814. The number of halogens is 1. The van der Waals surface area contributed by atoms with Gasteiger partial charge in [-0.2, -0.15) is 4.31 Å². The van der Waals surface area contributed by atoms with Crippen molar-refractivity contribution in [1.29, 1.82) is 0 Å². The normalized spacial score (nSPS) is 15.3. The summed E-state index contributed by atoms with van der Waals surface area (Å²) in [6.45, 7) is 3.01. The molecule has 1 aliphatic rings. The molecule has 1 N–H and O–H groups in total. The zero-order valence-corrected chi connectivity index (χ0v) is 16.2. The predicted octanol–water partition coefficient (Wildman–Crippen LogP) is 3.79. The average molecular weight is 423 g/mol. The van der Waals surface area contributed by atoms with E-state index in [1.807, 2.05) is 31.2 Å². The first-order valence-electron chi connectivity index (χ1n) is 8.05. The van der Waals surface area contributed by atoms with E-state index < -0.39 is 10.0 Å². The number of hydrogen-bond acceptors (Lipinski definition) is 3. The number of nitrogens with one attached hydrogen (secondary N) is 1. The van der Waals surface area contributed by atoms with E-state index >= 15 is 0 Å². The van der Waals surface area contributed by atoms with Gasteiger partial charge in [-0.3, -0.25) is 4.79 Å². The first-order valence-corrected chi connectivity index (χ1v) is 10.3. The molecule has 25 heavy (non-hydrogen) atoms. The Kier molecular flexibility index (Phi) is 5.27. The molecule has 0 atom stereocenters. The van der Waals surface area contributed by atoms with E-state index in [0.29, 0.717) is 28.8 Å². The number of nitrogens with zero attached hydrogens (tertiary/aromatic N) is 1. The summed E-state index contributed by atoms with van der Waals surface area (Å²) >= 11 is 3.30. The standard InChI is InChI=1S/C18H19BrN2O3S/c1-13-4-7-15(8-5-13)20-18(22)14-6-9-16(19)17(12-14)25(23,24)21-10-2-3-11-21/h4-9,12H,2-3,10-11H2,1H3,(H,20,22). The fraction of sp³-hybridized carbons (Fsp3) is 0.278. The molecule has 5 nitrogen and oxygen atoms in total. The Morgan fingerprint density at radius 1 is 1.08 bits per heavy atom. The first kappa shape index (κ1) is 18.1. The maximum atomic E-state index is 12.8. The van der Waals surface area contributed by atoms with Crippen LogP contribution in [0.15, 0.2) is 51.8 Å². The number of anilines is 1. The second-order valence-electron chi connectivity index (χ2n) is 6.08. The van der Waals surface area contributed by atoms with E-state index in [4.69, 9.17) is 0 Å². The Morgan fingerprint density at radius 3 is 2.36 bits per heavy atom. The molecule has 1 aliphatic heterocycles. The summed E-state index contributed by atoms with van der Waals surface area (Å²) in [7, 11) is -3.60. The molecule has 2 aromatic rings. The van der Waals surface area contributed by atoms with E-state index in [1.54, 1.807) is 12.1 Å². The second kappa shape index (κ2) is 7.27. The number of sulfonamides is 1. The average Bonchev–Trinajstić information content (AvgIpc) is 3.12. The molecule has 1 heterocycles. The molecule has 7 heteroatoms. The predicted molar refractivity (Wildman–Crippen MR) is 101 cm³/mol.